The van der Waals surface area contributed by atoms with Crippen LogP contribution < -0.4 is 5.73 Å². The average Bonchev–Trinajstić information content (AvgIpc) is 2.90. The lowest BCUT2D eigenvalue weighted by atomic mass is 10.0. The largest absolute Gasteiger partial charge is 0.324 e. The first-order valence-corrected chi connectivity index (χ1v) is 7.42. The van der Waals surface area contributed by atoms with Crippen molar-refractivity contribution >= 4 is 0 Å². The number of nitrogens with two attached hydrogens (primary N) is 1. The Bertz CT molecular complexity index is 525. The third-order valence-electron chi connectivity index (χ3n) is 4.12. The van der Waals surface area contributed by atoms with E-state index in [1.54, 1.807) is 0 Å². The van der Waals surface area contributed by atoms with Crippen LogP contribution in [0.3, 0.4) is 0 Å². The van der Waals surface area contributed by atoms with Gasteiger partial charge in [0.2, 0.25) is 0 Å². The minimum absolute atomic E-state index is 0.168. The van der Waals surface area contributed by atoms with Crippen LogP contribution in [0.1, 0.15) is 35.6 Å². The van der Waals surface area contributed by atoms with E-state index in [0.29, 0.717) is 0 Å². The molecule has 0 bridgehead atoms. The van der Waals surface area contributed by atoms with Gasteiger partial charge in [-0.2, -0.15) is 0 Å². The fourth-order valence-corrected chi connectivity index (χ4v) is 2.96. The van der Waals surface area contributed by atoms with E-state index in [9.17, 15) is 0 Å². The molecule has 104 valence electrons. The van der Waals surface area contributed by atoms with E-state index in [-0.39, 0.29) is 6.04 Å². The molecule has 20 heavy (non-hydrogen) atoms. The fourth-order valence-electron chi connectivity index (χ4n) is 2.96. The molecule has 1 heterocycles. The molecule has 2 aromatic carbocycles. The Morgan fingerprint density at radius 3 is 2.15 bits per heavy atom. The van der Waals surface area contributed by atoms with Gasteiger partial charge in [-0.3, -0.25) is 4.90 Å². The summed E-state index contributed by atoms with van der Waals surface area (Å²) in [4.78, 5) is 2.52. The maximum Gasteiger partial charge on any atom is 0.0295 e. The van der Waals surface area contributed by atoms with E-state index in [2.05, 4.69) is 53.4 Å². The van der Waals surface area contributed by atoms with Crippen LogP contribution in [0.15, 0.2) is 54.6 Å². The summed E-state index contributed by atoms with van der Waals surface area (Å²) in [6.07, 6.45) is 2.21. The average molecular weight is 266 g/mol. The molecular formula is C18H22N2. The van der Waals surface area contributed by atoms with E-state index in [4.69, 9.17) is 5.73 Å². The molecule has 0 aromatic heterocycles. The Labute approximate surface area is 121 Å². The Kier molecular flexibility index (Phi) is 4.14. The van der Waals surface area contributed by atoms with Gasteiger partial charge in [0.15, 0.2) is 0 Å². The van der Waals surface area contributed by atoms with Crippen molar-refractivity contribution in [3.05, 3.63) is 71.3 Å². The van der Waals surface area contributed by atoms with Crippen LogP contribution in [0.4, 0.5) is 0 Å². The zero-order chi connectivity index (χ0) is 13.8. The first kappa shape index (κ1) is 13.3. The van der Waals surface area contributed by atoms with E-state index >= 15 is 0 Å². The number of hydrogen-bond acceptors (Lipinski definition) is 2. The lowest BCUT2D eigenvalue weighted by molar-refractivity contribution is 0.274. The van der Waals surface area contributed by atoms with Gasteiger partial charge in [0.1, 0.15) is 0 Å². The number of hydrogen-bond donors (Lipinski definition) is 1. The van der Waals surface area contributed by atoms with Gasteiger partial charge in [0.25, 0.3) is 0 Å². The van der Waals surface area contributed by atoms with Crippen molar-refractivity contribution in [1.82, 2.24) is 4.90 Å². The normalized spacial score (nSPS) is 16.1. The SMILES string of the molecule is NC(CCCN1Cc2ccccc2C1)c1ccccc1. The van der Waals surface area contributed by atoms with Gasteiger partial charge in [-0.15, -0.1) is 0 Å². The van der Waals surface area contributed by atoms with Crippen molar-refractivity contribution < 1.29 is 0 Å². The Morgan fingerprint density at radius 1 is 0.900 bits per heavy atom. The number of rotatable bonds is 5. The summed E-state index contributed by atoms with van der Waals surface area (Å²) in [5.74, 6) is 0. The molecule has 0 radical (unpaired) electrons. The summed E-state index contributed by atoms with van der Waals surface area (Å²) in [5.41, 5.74) is 10.5. The predicted octanol–water partition coefficient (Wildman–Crippen LogP) is 3.48. The lowest BCUT2D eigenvalue weighted by Crippen LogP contribution is -2.19. The van der Waals surface area contributed by atoms with E-state index in [0.717, 1.165) is 32.5 Å². The number of benzene rings is 2. The summed E-state index contributed by atoms with van der Waals surface area (Å²) in [7, 11) is 0. The van der Waals surface area contributed by atoms with Crippen LogP contribution in [-0.4, -0.2) is 11.4 Å². The van der Waals surface area contributed by atoms with Gasteiger partial charge < -0.3 is 5.73 Å². The molecule has 2 aromatic rings. The standard InChI is InChI=1S/C18H22N2/c19-18(15-7-2-1-3-8-15)11-6-12-20-13-16-9-4-5-10-17(16)14-20/h1-5,7-10,18H,6,11-14,19H2. The minimum Gasteiger partial charge on any atom is -0.324 e. The highest BCUT2D eigenvalue weighted by atomic mass is 15.1. The molecule has 1 atom stereocenters. The Hall–Kier alpha value is -1.64. The second-order valence-corrected chi connectivity index (χ2v) is 5.64. The molecule has 0 saturated heterocycles. The number of fused-ring (bicyclic) bond motifs is 1. The second-order valence-electron chi connectivity index (χ2n) is 5.64. The molecular weight excluding hydrogens is 244 g/mol. The topological polar surface area (TPSA) is 29.3 Å². The molecule has 2 nitrogen and oxygen atoms in total. The van der Waals surface area contributed by atoms with Crippen molar-refractivity contribution in [3.63, 3.8) is 0 Å². The summed E-state index contributed by atoms with van der Waals surface area (Å²) in [6.45, 7) is 3.32. The van der Waals surface area contributed by atoms with Crippen LogP contribution in [0, 0.1) is 0 Å². The third kappa shape index (κ3) is 3.09. The summed E-state index contributed by atoms with van der Waals surface area (Å²) in [6, 6.07) is 19.3. The zero-order valence-corrected chi connectivity index (χ0v) is 11.8. The number of nitrogens with zero attached hydrogens (tertiary/aromatic N) is 1. The predicted molar refractivity (Wildman–Crippen MR) is 83.2 cm³/mol. The quantitative estimate of drug-likeness (QED) is 0.897. The minimum atomic E-state index is 0.168. The van der Waals surface area contributed by atoms with Gasteiger partial charge in [-0.25, -0.2) is 0 Å². The molecule has 0 spiro atoms. The van der Waals surface area contributed by atoms with E-state index < -0.39 is 0 Å². The molecule has 0 aliphatic carbocycles. The maximum atomic E-state index is 6.25. The van der Waals surface area contributed by atoms with Crippen LogP contribution >= 0.6 is 0 Å². The van der Waals surface area contributed by atoms with Crippen molar-refractivity contribution in [2.45, 2.75) is 32.0 Å². The van der Waals surface area contributed by atoms with Crippen LogP contribution in [0.25, 0.3) is 0 Å². The molecule has 0 amide bonds. The first-order valence-electron chi connectivity index (χ1n) is 7.42. The molecule has 0 fully saturated rings. The van der Waals surface area contributed by atoms with Crippen LogP contribution in [0.2, 0.25) is 0 Å². The third-order valence-corrected chi connectivity index (χ3v) is 4.12. The summed E-state index contributed by atoms with van der Waals surface area (Å²) < 4.78 is 0. The van der Waals surface area contributed by atoms with Crippen molar-refractivity contribution in [1.29, 1.82) is 0 Å². The summed E-state index contributed by atoms with van der Waals surface area (Å²) >= 11 is 0. The van der Waals surface area contributed by atoms with Gasteiger partial charge in [0.05, 0.1) is 0 Å². The highest BCUT2D eigenvalue weighted by Gasteiger charge is 2.17. The van der Waals surface area contributed by atoms with Gasteiger partial charge in [-0.05, 0) is 36.1 Å². The van der Waals surface area contributed by atoms with Gasteiger partial charge in [-0.1, -0.05) is 54.6 Å². The highest BCUT2D eigenvalue weighted by molar-refractivity contribution is 5.30. The molecule has 2 heteroatoms. The molecule has 1 aliphatic heterocycles. The summed E-state index contributed by atoms with van der Waals surface area (Å²) in [5, 5.41) is 0. The van der Waals surface area contributed by atoms with Crippen LogP contribution in [0.5, 0.6) is 0 Å². The molecule has 0 saturated carbocycles. The molecule has 2 N–H and O–H groups in total. The van der Waals surface area contributed by atoms with E-state index in [1.165, 1.54) is 16.7 Å². The molecule has 1 aliphatic rings. The zero-order valence-electron chi connectivity index (χ0n) is 11.8. The molecule has 3 rings (SSSR count). The highest BCUT2D eigenvalue weighted by Crippen LogP contribution is 2.23. The first-order chi connectivity index (χ1) is 9.83. The lowest BCUT2D eigenvalue weighted by Gasteiger charge is -2.17. The van der Waals surface area contributed by atoms with Gasteiger partial charge >= 0.3 is 0 Å². The van der Waals surface area contributed by atoms with Crippen molar-refractivity contribution in [3.8, 4) is 0 Å². The van der Waals surface area contributed by atoms with Gasteiger partial charge in [0, 0.05) is 19.1 Å². The fraction of sp³-hybridized carbons (Fsp3) is 0.333. The van der Waals surface area contributed by atoms with Crippen LogP contribution in [-0.2, 0) is 13.1 Å². The van der Waals surface area contributed by atoms with Crippen molar-refractivity contribution in [2.24, 2.45) is 5.73 Å². The smallest absolute Gasteiger partial charge is 0.0295 e. The second kappa shape index (κ2) is 6.21. The van der Waals surface area contributed by atoms with Crippen molar-refractivity contribution in [2.75, 3.05) is 6.54 Å². The Balaban J connectivity index is 1.46. The molecule has 1 unspecified atom stereocenters. The van der Waals surface area contributed by atoms with E-state index in [1.807, 2.05) is 6.07 Å². The maximum absolute atomic E-state index is 6.25. The monoisotopic (exact) mass is 266 g/mol. The Morgan fingerprint density at radius 2 is 1.50 bits per heavy atom.